The Morgan fingerprint density at radius 2 is 1.06 bits per heavy atom. The molecule has 2 heterocycles. The van der Waals surface area contributed by atoms with Gasteiger partial charge in [0, 0.05) is 58.3 Å². The molecule has 1 nitrogen and oxygen atoms in total. The number of rotatable bonds is 6. The average molecular weight is 674 g/mol. The van der Waals surface area contributed by atoms with Crippen LogP contribution in [0.2, 0.25) is 0 Å². The van der Waals surface area contributed by atoms with Crippen molar-refractivity contribution < 1.29 is 0 Å². The lowest BCUT2D eigenvalue weighted by atomic mass is 9.98. The standard InChI is InChI=1S/C47H31NS2/c1-2-10-32(11-3-1)38-14-6-5-13-35(38)30-48(37-24-26-41-40-16-8-9-17-44(40)49-46(41)29-37)36-22-18-31(19-23-36)34-21-27-45-43(28-34)42-25-20-33-12-4-7-15-39(33)47(42)50-45/h1-29H,30H2. The maximum Gasteiger partial charge on any atom is 0.0487 e. The highest BCUT2D eigenvalue weighted by molar-refractivity contribution is 7.26. The van der Waals surface area contributed by atoms with Crippen LogP contribution in [-0.2, 0) is 6.54 Å². The van der Waals surface area contributed by atoms with E-state index in [1.165, 1.54) is 90.3 Å². The first-order chi connectivity index (χ1) is 24.8. The monoisotopic (exact) mass is 673 g/mol. The number of nitrogens with zero attached hydrogens (tertiary/aromatic N) is 1. The second-order valence-corrected chi connectivity index (χ2v) is 15.0. The molecule has 10 rings (SSSR count). The van der Waals surface area contributed by atoms with Crippen LogP contribution in [0, 0.1) is 0 Å². The quantitative estimate of drug-likeness (QED) is 0.170. The van der Waals surface area contributed by atoms with Gasteiger partial charge in [0.15, 0.2) is 0 Å². The van der Waals surface area contributed by atoms with Crippen molar-refractivity contribution in [2.24, 2.45) is 0 Å². The summed E-state index contributed by atoms with van der Waals surface area (Å²) in [5.41, 5.74) is 8.62. The molecule has 3 heteroatoms. The molecule has 2 aromatic heterocycles. The van der Waals surface area contributed by atoms with Crippen molar-refractivity contribution in [3.63, 3.8) is 0 Å². The lowest BCUT2D eigenvalue weighted by Gasteiger charge is -2.27. The van der Waals surface area contributed by atoms with Gasteiger partial charge in [-0.1, -0.05) is 133 Å². The molecule has 0 spiro atoms. The van der Waals surface area contributed by atoms with E-state index in [0.29, 0.717) is 0 Å². The van der Waals surface area contributed by atoms with Gasteiger partial charge in [0.2, 0.25) is 0 Å². The molecular formula is C47H31NS2. The molecule has 50 heavy (non-hydrogen) atoms. The third kappa shape index (κ3) is 4.97. The SMILES string of the molecule is c1ccc(-c2ccccc2CN(c2ccc(-c3ccc4sc5c6ccccc6ccc5c4c3)cc2)c2ccc3c(c2)sc2ccccc23)cc1. The van der Waals surface area contributed by atoms with E-state index in [0.717, 1.165) is 6.54 Å². The lowest BCUT2D eigenvalue weighted by molar-refractivity contribution is 0.979. The van der Waals surface area contributed by atoms with Crippen LogP contribution in [0.1, 0.15) is 5.56 Å². The van der Waals surface area contributed by atoms with Gasteiger partial charge in [0.05, 0.1) is 0 Å². The van der Waals surface area contributed by atoms with Gasteiger partial charge in [0.1, 0.15) is 0 Å². The Balaban J connectivity index is 1.07. The van der Waals surface area contributed by atoms with Gasteiger partial charge >= 0.3 is 0 Å². The van der Waals surface area contributed by atoms with Gasteiger partial charge in [-0.2, -0.15) is 0 Å². The van der Waals surface area contributed by atoms with E-state index >= 15 is 0 Å². The summed E-state index contributed by atoms with van der Waals surface area (Å²) in [4.78, 5) is 2.47. The summed E-state index contributed by atoms with van der Waals surface area (Å²) in [6, 6.07) is 64.6. The number of thiophene rings is 2. The molecule has 236 valence electrons. The summed E-state index contributed by atoms with van der Waals surface area (Å²) in [6.07, 6.45) is 0. The highest BCUT2D eigenvalue weighted by atomic mass is 32.1. The van der Waals surface area contributed by atoms with Crippen LogP contribution in [-0.4, -0.2) is 0 Å². The molecule has 0 aliphatic rings. The molecule has 0 atom stereocenters. The molecular weight excluding hydrogens is 643 g/mol. The zero-order valence-corrected chi connectivity index (χ0v) is 28.8. The van der Waals surface area contributed by atoms with E-state index in [4.69, 9.17) is 0 Å². The smallest absolute Gasteiger partial charge is 0.0487 e. The Labute approximate surface area is 298 Å². The Morgan fingerprint density at radius 3 is 1.96 bits per heavy atom. The number of anilines is 2. The van der Waals surface area contributed by atoms with Crippen molar-refractivity contribution in [1.82, 2.24) is 0 Å². The fourth-order valence-electron chi connectivity index (χ4n) is 7.46. The van der Waals surface area contributed by atoms with Crippen molar-refractivity contribution >= 4 is 85.2 Å². The van der Waals surface area contributed by atoms with E-state index in [1.54, 1.807) is 0 Å². The summed E-state index contributed by atoms with van der Waals surface area (Å²) in [7, 11) is 0. The minimum Gasteiger partial charge on any atom is -0.337 e. The van der Waals surface area contributed by atoms with Crippen LogP contribution in [0.3, 0.4) is 0 Å². The highest BCUT2D eigenvalue weighted by Gasteiger charge is 2.16. The van der Waals surface area contributed by atoms with E-state index in [2.05, 4.69) is 181 Å². The highest BCUT2D eigenvalue weighted by Crippen LogP contribution is 2.42. The minimum absolute atomic E-state index is 0.752. The second-order valence-electron chi connectivity index (χ2n) is 12.9. The molecule has 0 bridgehead atoms. The summed E-state index contributed by atoms with van der Waals surface area (Å²) < 4.78 is 5.34. The fourth-order valence-corrected chi connectivity index (χ4v) is 9.82. The Kier molecular flexibility index (Phi) is 7.00. The molecule has 0 aliphatic carbocycles. The van der Waals surface area contributed by atoms with Gasteiger partial charge in [-0.05, 0) is 81.1 Å². The Hall–Kier alpha value is -5.74. The fraction of sp³-hybridized carbons (Fsp3) is 0.0213. The first-order valence-electron chi connectivity index (χ1n) is 17.0. The zero-order chi connectivity index (χ0) is 33.0. The Morgan fingerprint density at radius 1 is 0.380 bits per heavy atom. The van der Waals surface area contributed by atoms with Crippen LogP contribution in [0.5, 0.6) is 0 Å². The second kappa shape index (κ2) is 12.0. The lowest BCUT2D eigenvalue weighted by Crippen LogP contribution is -2.17. The van der Waals surface area contributed by atoms with E-state index in [9.17, 15) is 0 Å². The number of benzene rings is 8. The van der Waals surface area contributed by atoms with Gasteiger partial charge in [-0.3, -0.25) is 0 Å². The van der Waals surface area contributed by atoms with Crippen LogP contribution in [0.4, 0.5) is 11.4 Å². The molecule has 8 aromatic carbocycles. The van der Waals surface area contributed by atoms with Gasteiger partial charge in [-0.25, -0.2) is 0 Å². The predicted octanol–water partition coefficient (Wildman–Crippen LogP) is 14.2. The van der Waals surface area contributed by atoms with Gasteiger partial charge < -0.3 is 4.90 Å². The van der Waals surface area contributed by atoms with Crippen molar-refractivity contribution in [2.75, 3.05) is 4.90 Å². The van der Waals surface area contributed by atoms with Gasteiger partial charge in [-0.15, -0.1) is 22.7 Å². The largest absolute Gasteiger partial charge is 0.337 e. The summed E-state index contributed by atoms with van der Waals surface area (Å²) in [5.74, 6) is 0. The first kappa shape index (κ1) is 29.2. The molecule has 10 aromatic rings. The molecule has 0 aliphatic heterocycles. The third-order valence-electron chi connectivity index (χ3n) is 9.98. The van der Waals surface area contributed by atoms with E-state index in [1.807, 2.05) is 22.7 Å². The normalized spacial score (nSPS) is 11.7. The maximum atomic E-state index is 2.47. The Bertz CT molecular complexity index is 2840. The van der Waals surface area contributed by atoms with Crippen LogP contribution < -0.4 is 4.90 Å². The third-order valence-corrected chi connectivity index (χ3v) is 12.3. The van der Waals surface area contributed by atoms with Crippen LogP contribution in [0.25, 0.3) is 73.4 Å². The predicted molar refractivity (Wildman–Crippen MR) is 219 cm³/mol. The van der Waals surface area contributed by atoms with Crippen LogP contribution in [0.15, 0.2) is 176 Å². The zero-order valence-electron chi connectivity index (χ0n) is 27.2. The molecule has 0 unspecified atom stereocenters. The molecule has 0 radical (unpaired) electrons. The van der Waals surface area contributed by atoms with Crippen LogP contribution >= 0.6 is 22.7 Å². The first-order valence-corrected chi connectivity index (χ1v) is 18.7. The maximum absolute atomic E-state index is 2.47. The van der Waals surface area contributed by atoms with Crippen molar-refractivity contribution in [2.45, 2.75) is 6.54 Å². The summed E-state index contributed by atoms with van der Waals surface area (Å²) in [5, 5.41) is 7.94. The summed E-state index contributed by atoms with van der Waals surface area (Å²) in [6.45, 7) is 0.752. The van der Waals surface area contributed by atoms with Crippen molar-refractivity contribution in [1.29, 1.82) is 0 Å². The van der Waals surface area contributed by atoms with Gasteiger partial charge in [0.25, 0.3) is 0 Å². The average Bonchev–Trinajstić information content (AvgIpc) is 3.75. The topological polar surface area (TPSA) is 3.24 Å². The number of fused-ring (bicyclic) bond motifs is 8. The molecule has 0 saturated carbocycles. The number of hydrogen-bond donors (Lipinski definition) is 0. The number of hydrogen-bond acceptors (Lipinski definition) is 3. The molecule has 0 N–H and O–H groups in total. The van der Waals surface area contributed by atoms with E-state index in [-0.39, 0.29) is 0 Å². The van der Waals surface area contributed by atoms with Crippen molar-refractivity contribution in [3.8, 4) is 22.3 Å². The molecule has 0 saturated heterocycles. The summed E-state index contributed by atoms with van der Waals surface area (Å²) >= 11 is 3.77. The minimum atomic E-state index is 0.752. The molecule has 0 fully saturated rings. The molecule has 0 amide bonds. The van der Waals surface area contributed by atoms with E-state index < -0.39 is 0 Å². The van der Waals surface area contributed by atoms with Crippen molar-refractivity contribution in [3.05, 3.63) is 181 Å².